The Kier molecular flexibility index (Phi) is 4.06. The first kappa shape index (κ1) is 13.1. The highest BCUT2D eigenvalue weighted by molar-refractivity contribution is 6.31. The van der Waals surface area contributed by atoms with E-state index in [1.165, 1.54) is 0 Å². The first-order chi connectivity index (χ1) is 8.61. The van der Waals surface area contributed by atoms with E-state index in [9.17, 15) is 0 Å². The molecule has 0 spiro atoms. The van der Waals surface area contributed by atoms with Gasteiger partial charge in [0, 0.05) is 29.4 Å². The molecular formula is C12H16ClN3O2. The normalized spacial score (nSPS) is 19.9. The van der Waals surface area contributed by atoms with Gasteiger partial charge < -0.3 is 20.5 Å². The number of amidine groups is 1. The van der Waals surface area contributed by atoms with Gasteiger partial charge in [-0.05, 0) is 18.2 Å². The van der Waals surface area contributed by atoms with E-state index < -0.39 is 0 Å². The van der Waals surface area contributed by atoms with Gasteiger partial charge in [-0.1, -0.05) is 11.6 Å². The van der Waals surface area contributed by atoms with Crippen LogP contribution < -0.4 is 10.6 Å². The Labute approximate surface area is 111 Å². The highest BCUT2D eigenvalue weighted by atomic mass is 35.5. The molecule has 1 saturated heterocycles. The molecule has 0 amide bonds. The summed E-state index contributed by atoms with van der Waals surface area (Å²) in [7, 11) is 0. The predicted molar refractivity (Wildman–Crippen MR) is 71.5 cm³/mol. The van der Waals surface area contributed by atoms with Gasteiger partial charge in [0.15, 0.2) is 0 Å². The number of ether oxygens (including phenoxy) is 1. The molecule has 1 aliphatic heterocycles. The van der Waals surface area contributed by atoms with E-state index in [1.807, 2.05) is 4.90 Å². The van der Waals surface area contributed by atoms with Crippen molar-refractivity contribution in [3.63, 3.8) is 0 Å². The molecule has 1 unspecified atom stereocenters. The number of anilines is 1. The highest BCUT2D eigenvalue weighted by Gasteiger charge is 2.22. The number of nitrogen functional groups attached to an aromatic ring is 1. The van der Waals surface area contributed by atoms with Gasteiger partial charge in [0.2, 0.25) is 0 Å². The van der Waals surface area contributed by atoms with E-state index in [4.69, 9.17) is 32.6 Å². The van der Waals surface area contributed by atoms with Gasteiger partial charge in [-0.2, -0.15) is 0 Å². The molecule has 0 aliphatic carbocycles. The number of halogens is 1. The zero-order valence-corrected chi connectivity index (χ0v) is 10.7. The summed E-state index contributed by atoms with van der Waals surface area (Å²) in [5.74, 6) is 0.00806. The molecular weight excluding hydrogens is 254 g/mol. The third kappa shape index (κ3) is 2.75. The lowest BCUT2D eigenvalue weighted by atomic mass is 10.1. The van der Waals surface area contributed by atoms with Crippen molar-refractivity contribution in [3.05, 3.63) is 28.8 Å². The van der Waals surface area contributed by atoms with Gasteiger partial charge in [0.05, 0.1) is 19.3 Å². The van der Waals surface area contributed by atoms with E-state index in [1.54, 1.807) is 18.2 Å². The van der Waals surface area contributed by atoms with Crippen molar-refractivity contribution in [3.8, 4) is 0 Å². The van der Waals surface area contributed by atoms with Crippen LogP contribution in [0.15, 0.2) is 18.2 Å². The molecule has 0 radical (unpaired) electrons. The molecule has 1 aromatic rings. The summed E-state index contributed by atoms with van der Waals surface area (Å²) >= 11 is 5.99. The summed E-state index contributed by atoms with van der Waals surface area (Å²) in [6, 6.07) is 5.24. The van der Waals surface area contributed by atoms with Gasteiger partial charge in [-0.15, -0.1) is 0 Å². The number of nitrogens with zero attached hydrogens (tertiary/aromatic N) is 1. The summed E-state index contributed by atoms with van der Waals surface area (Å²) in [6.07, 6.45) is -0.211. The lowest BCUT2D eigenvalue weighted by molar-refractivity contribution is 0.00356. The van der Waals surface area contributed by atoms with Crippen molar-refractivity contribution in [2.75, 3.05) is 31.2 Å². The number of hydrogen-bond donors (Lipinski definition) is 3. The third-order valence-electron chi connectivity index (χ3n) is 2.93. The van der Waals surface area contributed by atoms with Crippen LogP contribution in [0.5, 0.6) is 0 Å². The van der Waals surface area contributed by atoms with E-state index in [0.29, 0.717) is 30.3 Å². The Hall–Kier alpha value is -1.30. The second kappa shape index (κ2) is 5.56. The van der Waals surface area contributed by atoms with Crippen LogP contribution >= 0.6 is 11.6 Å². The first-order valence-corrected chi connectivity index (χ1v) is 6.11. The number of rotatable bonds is 3. The third-order valence-corrected chi connectivity index (χ3v) is 3.17. The summed E-state index contributed by atoms with van der Waals surface area (Å²) in [5.41, 5.74) is 7.04. The number of morpholine rings is 1. The molecule has 6 heteroatoms. The molecule has 0 saturated carbocycles. The van der Waals surface area contributed by atoms with E-state index in [0.717, 1.165) is 5.69 Å². The topological polar surface area (TPSA) is 82.6 Å². The first-order valence-electron chi connectivity index (χ1n) is 5.73. The Balaban J connectivity index is 2.31. The van der Waals surface area contributed by atoms with Crippen molar-refractivity contribution >= 4 is 23.1 Å². The molecule has 1 aromatic carbocycles. The molecule has 0 aromatic heterocycles. The number of hydrogen-bond acceptors (Lipinski definition) is 4. The molecule has 1 heterocycles. The minimum Gasteiger partial charge on any atom is -0.394 e. The summed E-state index contributed by atoms with van der Waals surface area (Å²) in [6.45, 7) is 1.77. The van der Waals surface area contributed by atoms with E-state index >= 15 is 0 Å². The second-order valence-electron chi connectivity index (χ2n) is 4.20. The largest absolute Gasteiger partial charge is 0.394 e. The Morgan fingerprint density at radius 1 is 1.61 bits per heavy atom. The maximum Gasteiger partial charge on any atom is 0.124 e. The quantitative estimate of drug-likeness (QED) is 0.560. The van der Waals surface area contributed by atoms with Gasteiger partial charge in [0.1, 0.15) is 5.84 Å². The lowest BCUT2D eigenvalue weighted by Crippen LogP contribution is -2.44. The number of nitrogens with one attached hydrogen (secondary N) is 1. The fraction of sp³-hybridized carbons (Fsp3) is 0.417. The minimum atomic E-state index is -0.211. The molecule has 4 N–H and O–H groups in total. The van der Waals surface area contributed by atoms with Crippen molar-refractivity contribution in [1.29, 1.82) is 5.41 Å². The average Bonchev–Trinajstić information content (AvgIpc) is 2.38. The Morgan fingerprint density at radius 2 is 2.39 bits per heavy atom. The average molecular weight is 270 g/mol. The summed E-state index contributed by atoms with van der Waals surface area (Å²) < 4.78 is 5.40. The fourth-order valence-electron chi connectivity index (χ4n) is 2.04. The highest BCUT2D eigenvalue weighted by Crippen LogP contribution is 2.26. The number of aliphatic hydroxyl groups excluding tert-OH is 1. The van der Waals surface area contributed by atoms with Crippen molar-refractivity contribution in [2.45, 2.75) is 6.10 Å². The summed E-state index contributed by atoms with van der Waals surface area (Å²) in [4.78, 5) is 2.03. The number of nitrogens with two attached hydrogens (primary N) is 1. The second-order valence-corrected chi connectivity index (χ2v) is 4.63. The Bertz CT molecular complexity index is 453. The number of benzene rings is 1. The maximum absolute atomic E-state index is 9.14. The lowest BCUT2D eigenvalue weighted by Gasteiger charge is -2.34. The Morgan fingerprint density at radius 3 is 3.06 bits per heavy atom. The molecule has 0 bridgehead atoms. The molecule has 1 fully saturated rings. The summed E-state index contributed by atoms with van der Waals surface area (Å²) in [5, 5.41) is 17.3. The maximum atomic E-state index is 9.14. The zero-order chi connectivity index (χ0) is 13.1. The minimum absolute atomic E-state index is 0.00806. The van der Waals surface area contributed by atoms with Crippen LogP contribution in [-0.4, -0.2) is 43.3 Å². The fourth-order valence-corrected chi connectivity index (χ4v) is 2.21. The molecule has 18 heavy (non-hydrogen) atoms. The van der Waals surface area contributed by atoms with Gasteiger partial charge in [-0.3, -0.25) is 5.41 Å². The van der Waals surface area contributed by atoms with Crippen molar-refractivity contribution in [2.24, 2.45) is 5.73 Å². The van der Waals surface area contributed by atoms with Crippen LogP contribution in [0.2, 0.25) is 5.02 Å². The van der Waals surface area contributed by atoms with Crippen LogP contribution in [-0.2, 0) is 4.74 Å². The smallest absolute Gasteiger partial charge is 0.124 e. The van der Waals surface area contributed by atoms with Crippen LogP contribution in [0.4, 0.5) is 5.69 Å². The standard InChI is InChI=1S/C12H16ClN3O2/c13-8-1-2-10(12(14)15)11(5-8)16-3-4-18-9(6-16)7-17/h1-2,5,9,17H,3-4,6-7H2,(H3,14,15). The van der Waals surface area contributed by atoms with Crippen LogP contribution in [0, 0.1) is 5.41 Å². The SMILES string of the molecule is N=C(N)c1ccc(Cl)cc1N1CCOC(CO)C1. The van der Waals surface area contributed by atoms with Crippen LogP contribution in [0.25, 0.3) is 0 Å². The molecule has 1 aliphatic rings. The van der Waals surface area contributed by atoms with Crippen LogP contribution in [0.1, 0.15) is 5.56 Å². The monoisotopic (exact) mass is 269 g/mol. The van der Waals surface area contributed by atoms with E-state index in [2.05, 4.69) is 0 Å². The van der Waals surface area contributed by atoms with Gasteiger partial charge in [-0.25, -0.2) is 0 Å². The van der Waals surface area contributed by atoms with Crippen molar-refractivity contribution < 1.29 is 9.84 Å². The molecule has 98 valence electrons. The molecule has 5 nitrogen and oxygen atoms in total. The zero-order valence-electron chi connectivity index (χ0n) is 9.90. The van der Waals surface area contributed by atoms with Gasteiger partial charge >= 0.3 is 0 Å². The van der Waals surface area contributed by atoms with Crippen LogP contribution in [0.3, 0.4) is 0 Å². The van der Waals surface area contributed by atoms with E-state index in [-0.39, 0.29) is 18.5 Å². The number of aliphatic hydroxyl groups is 1. The van der Waals surface area contributed by atoms with Gasteiger partial charge in [0.25, 0.3) is 0 Å². The molecule has 2 rings (SSSR count). The van der Waals surface area contributed by atoms with Crippen molar-refractivity contribution in [1.82, 2.24) is 0 Å². The predicted octanol–water partition coefficient (Wildman–Crippen LogP) is 0.822. The molecule has 1 atom stereocenters.